The predicted octanol–water partition coefficient (Wildman–Crippen LogP) is 5.63. The summed E-state index contributed by atoms with van der Waals surface area (Å²) in [6.45, 7) is -0.00919. The Bertz CT molecular complexity index is 1300. The number of methoxy groups -OCH3 is 1. The third-order valence-electron chi connectivity index (χ3n) is 4.83. The Morgan fingerprint density at radius 3 is 2.71 bits per heavy atom. The van der Waals surface area contributed by atoms with Crippen molar-refractivity contribution in [1.82, 2.24) is 4.90 Å². The molecule has 1 aliphatic rings. The number of benzene rings is 2. The number of hydrogen-bond donors (Lipinski definition) is 0. The Morgan fingerprint density at radius 2 is 1.97 bits per heavy atom. The molecule has 0 bridgehead atoms. The van der Waals surface area contributed by atoms with Gasteiger partial charge in [-0.15, -0.1) is 0 Å². The Hall–Kier alpha value is -3.12. The first kappa shape index (κ1) is 24.0. The second-order valence-corrected chi connectivity index (χ2v) is 9.25. The van der Waals surface area contributed by atoms with Crippen molar-refractivity contribution in [3.63, 3.8) is 0 Å². The molecule has 4 rings (SSSR count). The van der Waals surface area contributed by atoms with Crippen molar-refractivity contribution in [2.24, 2.45) is 0 Å². The van der Waals surface area contributed by atoms with Gasteiger partial charge in [0.25, 0.3) is 11.1 Å². The van der Waals surface area contributed by atoms with Crippen LogP contribution in [0.15, 0.2) is 63.9 Å². The topological polar surface area (TPSA) is 86.0 Å². The van der Waals surface area contributed by atoms with Gasteiger partial charge in [-0.1, -0.05) is 24.3 Å². The lowest BCUT2D eigenvalue weighted by Crippen LogP contribution is -2.27. The molecule has 10 heteroatoms. The molecule has 1 fully saturated rings. The van der Waals surface area contributed by atoms with Crippen LogP contribution in [0.4, 0.5) is 9.18 Å². The predicted molar refractivity (Wildman–Crippen MR) is 131 cm³/mol. The van der Waals surface area contributed by atoms with E-state index < -0.39 is 17.1 Å². The van der Waals surface area contributed by atoms with Crippen molar-refractivity contribution >= 4 is 57.5 Å². The van der Waals surface area contributed by atoms with Gasteiger partial charge in [0, 0.05) is 5.56 Å². The fourth-order valence-electron chi connectivity index (χ4n) is 3.11. The van der Waals surface area contributed by atoms with Crippen molar-refractivity contribution < 1.29 is 32.7 Å². The minimum Gasteiger partial charge on any atom is -0.488 e. The normalized spacial score (nSPS) is 14.7. The number of imide groups is 1. The highest BCUT2D eigenvalue weighted by Crippen LogP contribution is 2.34. The van der Waals surface area contributed by atoms with Crippen molar-refractivity contribution in [2.45, 2.75) is 13.2 Å². The quantitative estimate of drug-likeness (QED) is 0.200. The van der Waals surface area contributed by atoms with Crippen LogP contribution in [0.25, 0.3) is 6.08 Å². The van der Waals surface area contributed by atoms with Crippen LogP contribution in [-0.2, 0) is 22.7 Å². The molecule has 174 valence electrons. The molecule has 0 aliphatic carbocycles. The van der Waals surface area contributed by atoms with Gasteiger partial charge >= 0.3 is 5.97 Å². The van der Waals surface area contributed by atoms with E-state index in [1.165, 1.54) is 25.3 Å². The van der Waals surface area contributed by atoms with Gasteiger partial charge in [-0.3, -0.25) is 14.5 Å². The fraction of sp³-hybridized carbons (Fsp3) is 0.125. The van der Waals surface area contributed by atoms with Crippen molar-refractivity contribution in [3.05, 3.63) is 91.5 Å². The standard InChI is InChI=1S/C24H17FINO6S/c1-31-23(29)20-9-7-16(33-20)12-27-22(28)21(34-24(27)30)11-14-6-8-19(18(26)10-14)32-13-15-4-2-3-5-17(15)25/h2-11H,12-13H2,1H3/b21-11+. The number of rotatable bonds is 7. The largest absolute Gasteiger partial charge is 0.488 e. The SMILES string of the molecule is COC(=O)c1ccc(CN2C(=O)S/C(=C/c3ccc(OCc4ccccc4F)c(I)c3)C2=O)o1. The van der Waals surface area contributed by atoms with E-state index in [1.54, 1.807) is 42.5 Å². The average Bonchev–Trinajstić information content (AvgIpc) is 3.39. The van der Waals surface area contributed by atoms with Crippen molar-refractivity contribution in [1.29, 1.82) is 0 Å². The van der Waals surface area contributed by atoms with Gasteiger partial charge in [-0.25, -0.2) is 9.18 Å². The first-order valence-electron chi connectivity index (χ1n) is 9.94. The highest BCUT2D eigenvalue weighted by molar-refractivity contribution is 14.1. The van der Waals surface area contributed by atoms with Crippen LogP contribution >= 0.6 is 34.4 Å². The van der Waals surface area contributed by atoms with Crippen LogP contribution in [0.5, 0.6) is 5.75 Å². The van der Waals surface area contributed by atoms with E-state index >= 15 is 0 Å². The Balaban J connectivity index is 1.44. The number of nitrogens with zero attached hydrogens (tertiary/aromatic N) is 1. The Kier molecular flexibility index (Phi) is 7.37. The summed E-state index contributed by atoms with van der Waals surface area (Å²) in [5, 5.41) is -0.438. The third-order valence-corrected chi connectivity index (χ3v) is 6.58. The number of esters is 1. The van der Waals surface area contributed by atoms with E-state index in [-0.39, 0.29) is 35.4 Å². The highest BCUT2D eigenvalue weighted by atomic mass is 127. The lowest BCUT2D eigenvalue weighted by atomic mass is 10.2. The van der Waals surface area contributed by atoms with Crippen LogP contribution in [0, 0.1) is 9.39 Å². The van der Waals surface area contributed by atoms with Crippen LogP contribution in [0.2, 0.25) is 0 Å². The molecule has 0 unspecified atom stereocenters. The molecule has 34 heavy (non-hydrogen) atoms. The summed E-state index contributed by atoms with van der Waals surface area (Å²) in [6.07, 6.45) is 1.62. The minimum absolute atomic E-state index is 0.00750. The van der Waals surface area contributed by atoms with E-state index in [2.05, 4.69) is 27.3 Å². The van der Waals surface area contributed by atoms with Gasteiger partial charge in [0.1, 0.15) is 23.9 Å². The maximum Gasteiger partial charge on any atom is 0.373 e. The molecule has 1 saturated heterocycles. The van der Waals surface area contributed by atoms with Crippen molar-refractivity contribution in [3.8, 4) is 5.75 Å². The van der Waals surface area contributed by atoms with Crippen LogP contribution in [0.1, 0.15) is 27.4 Å². The summed E-state index contributed by atoms with van der Waals surface area (Å²) in [5.74, 6) is -0.576. The number of hydrogen-bond acceptors (Lipinski definition) is 7. The number of amides is 2. The monoisotopic (exact) mass is 593 g/mol. The Morgan fingerprint density at radius 1 is 1.18 bits per heavy atom. The van der Waals surface area contributed by atoms with Gasteiger partial charge in [-0.2, -0.15) is 0 Å². The lowest BCUT2D eigenvalue weighted by molar-refractivity contribution is -0.123. The summed E-state index contributed by atoms with van der Waals surface area (Å²) in [4.78, 5) is 38.0. The molecule has 0 radical (unpaired) electrons. The minimum atomic E-state index is -0.642. The molecule has 0 atom stereocenters. The molecule has 0 spiro atoms. The van der Waals surface area contributed by atoms with E-state index in [0.717, 1.165) is 20.2 Å². The second-order valence-electron chi connectivity index (χ2n) is 7.10. The molecule has 0 saturated carbocycles. The Labute approximate surface area is 212 Å². The van der Waals surface area contributed by atoms with Gasteiger partial charge in [0.05, 0.1) is 22.1 Å². The first-order chi connectivity index (χ1) is 16.4. The zero-order valence-electron chi connectivity index (χ0n) is 17.7. The molecule has 2 amide bonds. The zero-order chi connectivity index (χ0) is 24.2. The molecule has 1 aromatic heterocycles. The zero-order valence-corrected chi connectivity index (χ0v) is 20.7. The number of carbonyl (C=O) groups excluding carboxylic acids is 3. The van der Waals surface area contributed by atoms with E-state index in [9.17, 15) is 18.8 Å². The number of halogens is 2. The van der Waals surface area contributed by atoms with Crippen LogP contribution in [-0.4, -0.2) is 29.1 Å². The van der Waals surface area contributed by atoms with Gasteiger partial charge in [-0.05, 0) is 76.3 Å². The first-order valence-corrected chi connectivity index (χ1v) is 11.8. The van der Waals surface area contributed by atoms with Gasteiger partial charge in [0.2, 0.25) is 5.76 Å². The van der Waals surface area contributed by atoms with E-state index in [1.807, 2.05) is 0 Å². The van der Waals surface area contributed by atoms with Crippen LogP contribution in [0.3, 0.4) is 0 Å². The molecule has 2 aromatic carbocycles. The molecule has 0 N–H and O–H groups in total. The summed E-state index contributed by atoms with van der Waals surface area (Å²) in [6, 6.07) is 14.6. The fourth-order valence-corrected chi connectivity index (χ4v) is 4.64. The maximum absolute atomic E-state index is 13.8. The van der Waals surface area contributed by atoms with Crippen molar-refractivity contribution in [2.75, 3.05) is 7.11 Å². The smallest absolute Gasteiger partial charge is 0.373 e. The molecule has 3 aromatic rings. The van der Waals surface area contributed by atoms with Gasteiger partial charge in [0.15, 0.2) is 0 Å². The number of carbonyl (C=O) groups is 3. The van der Waals surface area contributed by atoms with Crippen LogP contribution < -0.4 is 4.74 Å². The molecule has 2 heterocycles. The summed E-state index contributed by atoms with van der Waals surface area (Å²) in [5.41, 5.74) is 1.16. The molecular weight excluding hydrogens is 576 g/mol. The number of ether oxygens (including phenoxy) is 2. The summed E-state index contributed by atoms with van der Waals surface area (Å²) < 4.78 is 30.2. The highest BCUT2D eigenvalue weighted by Gasteiger charge is 2.35. The summed E-state index contributed by atoms with van der Waals surface area (Å²) >= 11 is 2.92. The van der Waals surface area contributed by atoms with Gasteiger partial charge < -0.3 is 13.9 Å². The number of furan rings is 1. The van der Waals surface area contributed by atoms with E-state index in [4.69, 9.17) is 9.15 Å². The third kappa shape index (κ3) is 5.33. The second kappa shape index (κ2) is 10.4. The molecule has 7 nitrogen and oxygen atoms in total. The average molecular weight is 593 g/mol. The molecular formula is C24H17FINO6S. The maximum atomic E-state index is 13.8. The molecule has 1 aliphatic heterocycles. The summed E-state index contributed by atoms with van der Waals surface area (Å²) in [7, 11) is 1.23. The van der Waals surface area contributed by atoms with E-state index in [0.29, 0.717) is 16.9 Å². The number of thioether (sulfide) groups is 1. The lowest BCUT2D eigenvalue weighted by Gasteiger charge is -2.10.